The van der Waals surface area contributed by atoms with Gasteiger partial charge in [-0.25, -0.2) is 4.98 Å². The van der Waals surface area contributed by atoms with Crippen molar-refractivity contribution < 1.29 is 44.1 Å². The third kappa shape index (κ3) is 10.5. The molecule has 3 aromatic heterocycles. The van der Waals surface area contributed by atoms with Crippen molar-refractivity contribution in [3.63, 3.8) is 0 Å². The van der Waals surface area contributed by atoms with Gasteiger partial charge in [-0.2, -0.15) is 18.2 Å². The summed E-state index contributed by atoms with van der Waals surface area (Å²) >= 11 is 0. The van der Waals surface area contributed by atoms with Crippen LogP contribution in [0.25, 0.3) is 83.4 Å². The van der Waals surface area contributed by atoms with Crippen LogP contribution in [0.3, 0.4) is 0 Å². The molecule has 6 heteroatoms. The molecule has 0 N–H and O–H groups in total. The van der Waals surface area contributed by atoms with E-state index < -0.39 is 60.4 Å². The number of hydrogen-bond donors (Lipinski definition) is 0. The number of nitrogens with zero attached hydrogens (tertiary/aromatic N) is 4. The average Bonchev–Trinajstić information content (AvgIpc) is 1.51. The first-order valence-corrected chi connectivity index (χ1v) is 25.6. The molecule has 384 valence electrons. The van der Waals surface area contributed by atoms with Gasteiger partial charge in [0.1, 0.15) is 5.82 Å². The number of rotatable bonds is 11. The van der Waals surface area contributed by atoms with Crippen molar-refractivity contribution in [1.29, 1.82) is 0 Å². The standard InChI is InChI=1S/C70H66N4O.Pt/c1-67(2,3)45-70(10,46-68(4,5)6)53-27-19-26-50(40-53)51-34-37-61-60(41-51)59-36-35-56(44-64(59)74(61)65-42-52(38-39-71-65)69(7,8)9)75-55-29-20-28-54(43-55)72-47-73(63-33-18-17-32-62(63)72)66-57(48-22-13-11-14-23-48)30-21-31-58(66)49-24-15-12-16-25-49;/h11-42H,45-46H2,1-10H3;/q-2;/i11D,12D,13D,14D,15D,16D,22D,23D,24D,25D;. The zero-order chi connectivity index (χ0) is 61.0. The molecule has 0 bridgehead atoms. The molecule has 0 atom stereocenters. The number of hydrogen-bond acceptors (Lipinski definition) is 2. The minimum atomic E-state index is -0.574. The molecule has 0 aliphatic rings. The zero-order valence-electron chi connectivity index (χ0n) is 54.6. The molecular formula is C70H66N4OPt-2. The Balaban J connectivity index is 0.00000820. The first kappa shape index (κ1) is 40.9. The molecule has 0 amide bonds. The van der Waals surface area contributed by atoms with Crippen molar-refractivity contribution in [3.8, 4) is 62.1 Å². The van der Waals surface area contributed by atoms with Crippen molar-refractivity contribution in [3.05, 3.63) is 224 Å². The molecule has 5 nitrogen and oxygen atoms in total. The molecular weight excluding hydrogens is 1110 g/mol. The van der Waals surface area contributed by atoms with E-state index >= 15 is 0 Å². The number of aromatic nitrogens is 4. The molecule has 11 aromatic rings. The Morgan fingerprint density at radius 1 is 0.553 bits per heavy atom. The first-order chi connectivity index (χ1) is 40.0. The molecule has 0 saturated carbocycles. The van der Waals surface area contributed by atoms with Gasteiger partial charge >= 0.3 is 0 Å². The van der Waals surface area contributed by atoms with Gasteiger partial charge in [-0.15, -0.1) is 29.7 Å². The van der Waals surface area contributed by atoms with Crippen LogP contribution in [0.4, 0.5) is 0 Å². The summed E-state index contributed by atoms with van der Waals surface area (Å²) < 4.78 is 99.9. The van der Waals surface area contributed by atoms with E-state index in [4.69, 9.17) is 23.4 Å². The number of pyridine rings is 1. The van der Waals surface area contributed by atoms with Gasteiger partial charge < -0.3 is 13.9 Å². The summed E-state index contributed by atoms with van der Waals surface area (Å²) in [5.74, 6) is 1.53. The molecule has 0 unspecified atom stereocenters. The smallest absolute Gasteiger partial charge is 0.268 e. The van der Waals surface area contributed by atoms with Gasteiger partial charge in [0.25, 0.3) is 6.33 Å². The zero-order valence-corrected chi connectivity index (χ0v) is 46.9. The monoisotopic (exact) mass is 1180 g/mol. The summed E-state index contributed by atoms with van der Waals surface area (Å²) in [7, 11) is 0. The van der Waals surface area contributed by atoms with E-state index in [0.29, 0.717) is 28.2 Å². The van der Waals surface area contributed by atoms with Crippen LogP contribution in [-0.4, -0.2) is 14.1 Å². The van der Waals surface area contributed by atoms with Crippen LogP contribution in [0.15, 0.2) is 194 Å². The van der Waals surface area contributed by atoms with Crippen molar-refractivity contribution in [2.24, 2.45) is 10.8 Å². The normalized spacial score (nSPS) is 14.2. The summed E-state index contributed by atoms with van der Waals surface area (Å²) in [5, 5.41) is 2.01. The Hall–Kier alpha value is -7.33. The van der Waals surface area contributed by atoms with E-state index in [9.17, 15) is 0 Å². The SMILES string of the molecule is [2H]c1c([2H])c([2H])c(-c2cccc(-c3c([2H])c([2H])c([2H])c([2H])c3[2H])c2-[n+]2[c-]n(-c3[c-]c(Oc4[c-]c5c(cc4)c4cc(-c6cccc(C(C)(CC(C)(C)C)CC(C)(C)C)c6)ccc4n5-c4cc(C(C)(C)C)ccn4)ccc3)c3ccccc32)c([2H])c1[2H].[Pt]. The van der Waals surface area contributed by atoms with Crippen molar-refractivity contribution in [2.75, 3.05) is 0 Å². The quantitative estimate of drug-likeness (QED) is 0.0956. The average molecular weight is 1180 g/mol. The third-order valence-electron chi connectivity index (χ3n) is 13.8. The summed E-state index contributed by atoms with van der Waals surface area (Å²) in [6.45, 7) is 23.0. The van der Waals surface area contributed by atoms with Crippen LogP contribution in [0, 0.1) is 29.3 Å². The van der Waals surface area contributed by atoms with Crippen LogP contribution >= 0.6 is 0 Å². The van der Waals surface area contributed by atoms with Crippen LogP contribution in [0.5, 0.6) is 11.5 Å². The molecule has 0 radical (unpaired) electrons. The predicted molar refractivity (Wildman–Crippen MR) is 310 cm³/mol. The third-order valence-corrected chi connectivity index (χ3v) is 13.8. The predicted octanol–water partition coefficient (Wildman–Crippen LogP) is 18.0. The Bertz CT molecular complexity index is 4350. The van der Waals surface area contributed by atoms with Crippen molar-refractivity contribution in [1.82, 2.24) is 14.1 Å². The van der Waals surface area contributed by atoms with Gasteiger partial charge in [-0.05, 0) is 108 Å². The van der Waals surface area contributed by atoms with Crippen LogP contribution in [0.2, 0.25) is 0 Å². The molecule has 3 heterocycles. The molecule has 11 rings (SSSR count). The summed E-state index contributed by atoms with van der Waals surface area (Å²) in [6, 6.07) is 43.3. The maximum absolute atomic E-state index is 9.09. The first-order valence-electron chi connectivity index (χ1n) is 30.6. The van der Waals surface area contributed by atoms with Crippen molar-refractivity contribution in [2.45, 2.75) is 92.9 Å². The largest absolute Gasteiger partial charge is 0.510 e. The van der Waals surface area contributed by atoms with E-state index in [2.05, 4.69) is 153 Å². The van der Waals surface area contributed by atoms with Gasteiger partial charge in [0.05, 0.1) is 30.4 Å². The second-order valence-corrected chi connectivity index (χ2v) is 23.4. The summed E-state index contributed by atoms with van der Waals surface area (Å²) in [6.07, 6.45) is 7.38. The minimum absolute atomic E-state index is 0. The second-order valence-electron chi connectivity index (χ2n) is 23.4. The Morgan fingerprint density at radius 3 is 1.86 bits per heavy atom. The van der Waals surface area contributed by atoms with Crippen LogP contribution in [0.1, 0.15) is 107 Å². The fraction of sp³-hybridized carbons (Fsp3) is 0.229. The Labute approximate surface area is 478 Å². The second kappa shape index (κ2) is 20.3. The van der Waals surface area contributed by atoms with Gasteiger partial charge in [0.15, 0.2) is 0 Å². The van der Waals surface area contributed by atoms with E-state index in [0.717, 1.165) is 57.2 Å². The van der Waals surface area contributed by atoms with Gasteiger partial charge in [0.2, 0.25) is 0 Å². The molecule has 76 heavy (non-hydrogen) atoms. The molecule has 0 saturated heterocycles. The minimum Gasteiger partial charge on any atom is -0.510 e. The fourth-order valence-corrected chi connectivity index (χ4v) is 11.2. The van der Waals surface area contributed by atoms with E-state index in [-0.39, 0.29) is 70.7 Å². The number of para-hydroxylation sites is 3. The maximum Gasteiger partial charge on any atom is 0.268 e. The molecule has 0 aliphatic carbocycles. The van der Waals surface area contributed by atoms with E-state index in [1.165, 1.54) is 5.56 Å². The Kier molecular flexibility index (Phi) is 10.9. The molecule has 0 fully saturated rings. The molecule has 8 aromatic carbocycles. The summed E-state index contributed by atoms with van der Waals surface area (Å²) in [5.41, 5.74) is 8.30. The number of fused-ring (bicyclic) bond motifs is 4. The number of imidazole rings is 1. The Morgan fingerprint density at radius 2 is 1.18 bits per heavy atom. The number of ether oxygens (including phenoxy) is 1. The van der Waals surface area contributed by atoms with Gasteiger partial charge in [-0.3, -0.25) is 4.57 Å². The van der Waals surface area contributed by atoms with Gasteiger partial charge in [-0.1, -0.05) is 214 Å². The van der Waals surface area contributed by atoms with E-state index in [1.807, 2.05) is 48.7 Å². The van der Waals surface area contributed by atoms with Crippen LogP contribution < -0.4 is 9.30 Å². The molecule has 0 aliphatic heterocycles. The van der Waals surface area contributed by atoms with Gasteiger partial charge in [0, 0.05) is 44.3 Å². The topological polar surface area (TPSA) is 35.9 Å². The summed E-state index contributed by atoms with van der Waals surface area (Å²) in [4.78, 5) is 4.97. The maximum atomic E-state index is 9.09. The van der Waals surface area contributed by atoms with Crippen molar-refractivity contribution >= 4 is 32.8 Å². The number of benzene rings is 8. The van der Waals surface area contributed by atoms with Crippen LogP contribution in [-0.2, 0) is 31.9 Å². The van der Waals surface area contributed by atoms with E-state index in [1.54, 1.807) is 33.4 Å². The fourth-order valence-electron chi connectivity index (χ4n) is 11.2. The molecule has 0 spiro atoms.